The van der Waals surface area contributed by atoms with Crippen LogP contribution in [0.15, 0.2) is 34.1 Å². The van der Waals surface area contributed by atoms with Crippen LogP contribution in [-0.4, -0.2) is 43.2 Å². The Morgan fingerprint density at radius 3 is 2.09 bits per heavy atom. The maximum Gasteiger partial charge on any atom is 0.240 e. The zero-order valence-corrected chi connectivity index (χ0v) is 14.6. The summed E-state index contributed by atoms with van der Waals surface area (Å²) in [5, 5.41) is 3.06. The van der Waals surface area contributed by atoms with Crippen LogP contribution in [0.25, 0.3) is 0 Å². The lowest BCUT2D eigenvalue weighted by Crippen LogP contribution is -2.25. The predicted molar refractivity (Wildman–Crippen MR) is 87.1 cm³/mol. The second-order valence-corrected chi connectivity index (χ2v) is 8.95. The van der Waals surface area contributed by atoms with Crippen LogP contribution in [0.2, 0.25) is 0 Å². The van der Waals surface area contributed by atoms with Crippen molar-refractivity contribution in [3.05, 3.63) is 24.3 Å². The van der Waals surface area contributed by atoms with E-state index in [0.29, 0.717) is 6.54 Å². The minimum Gasteiger partial charge on any atom is -0.320 e. The third kappa shape index (κ3) is 6.43. The molecule has 1 aromatic carbocycles. The molecular formula is C14H24N2O4S2. The van der Waals surface area contributed by atoms with Gasteiger partial charge in [0.05, 0.1) is 9.79 Å². The second-order valence-electron chi connectivity index (χ2n) is 5.16. The molecule has 0 radical (unpaired) electrons. The van der Waals surface area contributed by atoms with E-state index in [-0.39, 0.29) is 9.79 Å². The average molecular weight is 348 g/mol. The van der Waals surface area contributed by atoms with Crippen molar-refractivity contribution in [3.8, 4) is 0 Å². The smallest absolute Gasteiger partial charge is 0.240 e. The van der Waals surface area contributed by atoms with E-state index in [1.165, 1.54) is 24.3 Å². The molecule has 0 aliphatic heterocycles. The fourth-order valence-electron chi connectivity index (χ4n) is 1.94. The van der Waals surface area contributed by atoms with Gasteiger partial charge in [0.1, 0.15) is 0 Å². The molecule has 6 nitrogen and oxygen atoms in total. The van der Waals surface area contributed by atoms with E-state index in [1.54, 1.807) is 0 Å². The SMILES string of the molecule is CNCCCCCCNS(=O)(=O)c1cccc(S(C)(=O)=O)c1. The summed E-state index contributed by atoms with van der Waals surface area (Å²) in [7, 11) is -5.19. The monoisotopic (exact) mass is 348 g/mol. The summed E-state index contributed by atoms with van der Waals surface area (Å²) in [5.41, 5.74) is 0. The number of benzene rings is 1. The molecule has 1 aromatic rings. The van der Waals surface area contributed by atoms with Crippen molar-refractivity contribution in [1.29, 1.82) is 0 Å². The summed E-state index contributed by atoms with van der Waals surface area (Å²) >= 11 is 0. The van der Waals surface area contributed by atoms with Gasteiger partial charge in [-0.15, -0.1) is 0 Å². The van der Waals surface area contributed by atoms with E-state index < -0.39 is 19.9 Å². The third-order valence-electron chi connectivity index (χ3n) is 3.19. The fourth-order valence-corrected chi connectivity index (χ4v) is 3.80. The van der Waals surface area contributed by atoms with Crippen LogP contribution in [-0.2, 0) is 19.9 Å². The molecule has 1 rings (SSSR count). The lowest BCUT2D eigenvalue weighted by Gasteiger charge is -2.08. The molecule has 2 N–H and O–H groups in total. The molecule has 0 fully saturated rings. The molecule has 0 aliphatic rings. The molecular weight excluding hydrogens is 324 g/mol. The molecule has 0 saturated heterocycles. The summed E-state index contributed by atoms with van der Waals surface area (Å²) < 4.78 is 49.7. The van der Waals surface area contributed by atoms with Gasteiger partial charge < -0.3 is 5.32 Å². The summed E-state index contributed by atoms with van der Waals surface area (Å²) in [6, 6.07) is 5.40. The Morgan fingerprint density at radius 1 is 0.909 bits per heavy atom. The lowest BCUT2D eigenvalue weighted by atomic mass is 10.2. The van der Waals surface area contributed by atoms with Gasteiger partial charge >= 0.3 is 0 Å². The Morgan fingerprint density at radius 2 is 1.50 bits per heavy atom. The Kier molecular flexibility index (Phi) is 7.47. The van der Waals surface area contributed by atoms with Gasteiger partial charge in [-0.2, -0.15) is 0 Å². The van der Waals surface area contributed by atoms with Gasteiger partial charge in [0.25, 0.3) is 0 Å². The predicted octanol–water partition coefficient (Wildman–Crippen LogP) is 1.15. The number of nitrogens with one attached hydrogen (secondary N) is 2. The number of unbranched alkanes of at least 4 members (excludes halogenated alkanes) is 3. The highest BCUT2D eigenvalue weighted by Crippen LogP contribution is 2.15. The average Bonchev–Trinajstić information content (AvgIpc) is 2.45. The molecule has 22 heavy (non-hydrogen) atoms. The van der Waals surface area contributed by atoms with Crippen LogP contribution < -0.4 is 10.0 Å². The molecule has 126 valence electrons. The van der Waals surface area contributed by atoms with Crippen molar-refractivity contribution < 1.29 is 16.8 Å². The molecule has 0 saturated carbocycles. The van der Waals surface area contributed by atoms with Crippen molar-refractivity contribution in [1.82, 2.24) is 10.0 Å². The number of rotatable bonds is 10. The standard InChI is InChI=1S/C14H24N2O4S2/c1-15-10-5-3-4-6-11-16-22(19,20)14-9-7-8-13(12-14)21(2,17)18/h7-9,12,15-16H,3-6,10-11H2,1-2H3. The Bertz CT molecular complexity index is 670. The highest BCUT2D eigenvalue weighted by molar-refractivity contribution is 7.91. The summed E-state index contributed by atoms with van der Waals surface area (Å²) in [5.74, 6) is 0. The van der Waals surface area contributed by atoms with Crippen molar-refractivity contribution in [3.63, 3.8) is 0 Å². The molecule has 0 unspecified atom stereocenters. The third-order valence-corrected chi connectivity index (χ3v) is 5.76. The molecule has 0 aromatic heterocycles. The first-order valence-electron chi connectivity index (χ1n) is 7.22. The highest BCUT2D eigenvalue weighted by Gasteiger charge is 2.16. The van der Waals surface area contributed by atoms with Gasteiger partial charge in [-0.1, -0.05) is 18.9 Å². The van der Waals surface area contributed by atoms with Crippen LogP contribution in [0.3, 0.4) is 0 Å². The maximum absolute atomic E-state index is 12.1. The molecule has 0 amide bonds. The summed E-state index contributed by atoms with van der Waals surface area (Å²) in [6.07, 6.45) is 4.88. The van der Waals surface area contributed by atoms with Gasteiger partial charge in [0.2, 0.25) is 10.0 Å². The van der Waals surface area contributed by atoms with E-state index in [1.807, 2.05) is 7.05 Å². The lowest BCUT2D eigenvalue weighted by molar-refractivity contribution is 0.569. The molecule has 0 heterocycles. The quantitative estimate of drug-likeness (QED) is 0.619. The Labute approximate surface area is 133 Å². The van der Waals surface area contributed by atoms with Crippen molar-refractivity contribution >= 4 is 19.9 Å². The van der Waals surface area contributed by atoms with Crippen LogP contribution >= 0.6 is 0 Å². The molecule has 0 spiro atoms. The highest BCUT2D eigenvalue weighted by atomic mass is 32.2. The Hall–Kier alpha value is -0.960. The second kappa shape index (κ2) is 8.61. The van der Waals surface area contributed by atoms with Crippen LogP contribution in [0.5, 0.6) is 0 Å². The van der Waals surface area contributed by atoms with Crippen LogP contribution in [0, 0.1) is 0 Å². The first-order valence-corrected chi connectivity index (χ1v) is 10.6. The maximum atomic E-state index is 12.1. The van der Waals surface area contributed by atoms with E-state index in [2.05, 4.69) is 10.0 Å². The molecule has 0 atom stereocenters. The van der Waals surface area contributed by atoms with Crippen LogP contribution in [0.1, 0.15) is 25.7 Å². The number of sulfonamides is 1. The topological polar surface area (TPSA) is 92.3 Å². The minimum atomic E-state index is -3.67. The van der Waals surface area contributed by atoms with Gasteiger partial charge in [0.15, 0.2) is 9.84 Å². The number of hydrogen-bond donors (Lipinski definition) is 2. The van der Waals surface area contributed by atoms with Crippen molar-refractivity contribution in [2.75, 3.05) is 26.4 Å². The zero-order chi connectivity index (χ0) is 16.6. The number of sulfone groups is 1. The first kappa shape index (κ1) is 19.1. The molecule has 0 aliphatic carbocycles. The first-order chi connectivity index (χ1) is 10.3. The fraction of sp³-hybridized carbons (Fsp3) is 0.571. The van der Waals surface area contributed by atoms with Gasteiger partial charge in [-0.3, -0.25) is 0 Å². The normalized spacial score (nSPS) is 12.5. The van der Waals surface area contributed by atoms with Gasteiger partial charge in [-0.25, -0.2) is 21.6 Å². The van der Waals surface area contributed by atoms with Crippen LogP contribution in [0.4, 0.5) is 0 Å². The molecule has 0 bridgehead atoms. The minimum absolute atomic E-state index is 0.00226. The Balaban J connectivity index is 2.57. The van der Waals surface area contributed by atoms with E-state index in [0.717, 1.165) is 38.5 Å². The number of hydrogen-bond acceptors (Lipinski definition) is 5. The molecule has 8 heteroatoms. The van der Waals surface area contributed by atoms with Gasteiger partial charge in [-0.05, 0) is 44.6 Å². The summed E-state index contributed by atoms with van der Waals surface area (Å²) in [6.45, 7) is 1.31. The van der Waals surface area contributed by atoms with Gasteiger partial charge in [0, 0.05) is 12.8 Å². The van der Waals surface area contributed by atoms with E-state index in [9.17, 15) is 16.8 Å². The van der Waals surface area contributed by atoms with E-state index in [4.69, 9.17) is 0 Å². The largest absolute Gasteiger partial charge is 0.320 e. The van der Waals surface area contributed by atoms with E-state index >= 15 is 0 Å². The zero-order valence-electron chi connectivity index (χ0n) is 13.0. The van der Waals surface area contributed by atoms with Crippen molar-refractivity contribution in [2.45, 2.75) is 35.5 Å². The van der Waals surface area contributed by atoms with Crippen molar-refractivity contribution in [2.24, 2.45) is 0 Å². The summed E-state index contributed by atoms with van der Waals surface area (Å²) in [4.78, 5) is -0.0203.